The lowest BCUT2D eigenvalue weighted by molar-refractivity contribution is -0.384. The predicted molar refractivity (Wildman–Crippen MR) is 142 cm³/mol. The van der Waals surface area contributed by atoms with E-state index in [1.165, 1.54) is 16.4 Å². The Bertz CT molecular complexity index is 1280. The average molecular weight is 561 g/mol. The van der Waals surface area contributed by atoms with Crippen LogP contribution >= 0.6 is 0 Å². The summed E-state index contributed by atoms with van der Waals surface area (Å²) in [5, 5.41) is 11.9. The fourth-order valence-corrected chi connectivity index (χ4v) is 6.43. The van der Waals surface area contributed by atoms with Gasteiger partial charge >= 0.3 is 0 Å². The van der Waals surface area contributed by atoms with E-state index in [0.717, 1.165) is 25.5 Å². The van der Waals surface area contributed by atoms with Crippen LogP contribution in [0.15, 0.2) is 47.4 Å². The van der Waals surface area contributed by atoms with Crippen LogP contribution in [-0.2, 0) is 19.5 Å². The van der Waals surface area contributed by atoms with Crippen LogP contribution in [0.4, 0.5) is 11.4 Å². The number of anilines is 1. The van der Waals surface area contributed by atoms with Crippen molar-refractivity contribution in [1.29, 1.82) is 0 Å². The molecule has 3 heterocycles. The van der Waals surface area contributed by atoms with Crippen LogP contribution < -0.4 is 9.64 Å². The highest BCUT2D eigenvalue weighted by molar-refractivity contribution is 7.89. The Morgan fingerprint density at radius 2 is 1.72 bits per heavy atom. The Morgan fingerprint density at radius 1 is 1.00 bits per heavy atom. The summed E-state index contributed by atoms with van der Waals surface area (Å²) in [6.07, 6.45) is 2.15. The van der Waals surface area contributed by atoms with Crippen molar-refractivity contribution >= 4 is 27.3 Å². The number of rotatable bonds is 8. The summed E-state index contributed by atoms with van der Waals surface area (Å²) >= 11 is 0. The molecule has 1 amide bonds. The molecule has 3 aliphatic heterocycles. The zero-order valence-corrected chi connectivity index (χ0v) is 22.4. The van der Waals surface area contributed by atoms with E-state index in [1.54, 1.807) is 29.2 Å². The third-order valence-electron chi connectivity index (χ3n) is 7.22. The molecule has 0 N–H and O–H groups in total. The number of carbonyl (C=O) groups excluding carboxylic acids is 1. The highest BCUT2D eigenvalue weighted by atomic mass is 32.2. The Hall–Kier alpha value is -3.26. The van der Waals surface area contributed by atoms with E-state index in [1.807, 2.05) is 4.90 Å². The molecular weight excluding hydrogens is 528 g/mol. The van der Waals surface area contributed by atoms with Gasteiger partial charge in [-0.2, -0.15) is 4.31 Å². The molecule has 0 aliphatic carbocycles. The van der Waals surface area contributed by atoms with Crippen LogP contribution in [0.2, 0.25) is 0 Å². The number of morpholine rings is 1. The monoisotopic (exact) mass is 560 g/mol. The van der Waals surface area contributed by atoms with E-state index < -0.39 is 14.9 Å². The molecule has 3 fully saturated rings. The van der Waals surface area contributed by atoms with Crippen molar-refractivity contribution in [1.82, 2.24) is 9.21 Å². The highest BCUT2D eigenvalue weighted by Gasteiger charge is 2.31. The first-order chi connectivity index (χ1) is 18.8. The maximum Gasteiger partial charge on any atom is 0.293 e. The van der Waals surface area contributed by atoms with Gasteiger partial charge in [0.1, 0.15) is 18.0 Å². The molecule has 13 heteroatoms. The molecule has 0 unspecified atom stereocenters. The van der Waals surface area contributed by atoms with Gasteiger partial charge in [0.25, 0.3) is 11.6 Å². The molecule has 39 heavy (non-hydrogen) atoms. The van der Waals surface area contributed by atoms with E-state index in [-0.39, 0.29) is 48.9 Å². The van der Waals surface area contributed by atoms with Crippen LogP contribution in [0.5, 0.6) is 5.75 Å². The van der Waals surface area contributed by atoms with Gasteiger partial charge in [-0.05, 0) is 49.2 Å². The predicted octanol–water partition coefficient (Wildman–Crippen LogP) is 2.14. The molecule has 5 rings (SSSR count). The van der Waals surface area contributed by atoms with Crippen molar-refractivity contribution < 1.29 is 32.3 Å². The number of nitro benzene ring substituents is 1. The normalized spacial score (nSPS) is 20.7. The number of amides is 1. The zero-order valence-electron chi connectivity index (χ0n) is 21.6. The Morgan fingerprint density at radius 3 is 2.36 bits per heavy atom. The Balaban J connectivity index is 1.21. The minimum absolute atomic E-state index is 0.114. The van der Waals surface area contributed by atoms with Crippen molar-refractivity contribution in [2.75, 3.05) is 70.6 Å². The first-order valence-corrected chi connectivity index (χ1v) is 14.5. The lowest BCUT2D eigenvalue weighted by Crippen LogP contribution is -2.49. The van der Waals surface area contributed by atoms with Gasteiger partial charge in [0.05, 0.1) is 29.1 Å². The summed E-state index contributed by atoms with van der Waals surface area (Å²) in [6.45, 7) is 3.76. The minimum Gasteiger partial charge on any atom is -0.491 e. The third kappa shape index (κ3) is 6.16. The van der Waals surface area contributed by atoms with Gasteiger partial charge in [0, 0.05) is 57.5 Å². The second kappa shape index (κ2) is 11.9. The third-order valence-corrected chi connectivity index (χ3v) is 9.11. The molecule has 12 nitrogen and oxygen atoms in total. The smallest absolute Gasteiger partial charge is 0.293 e. The molecule has 0 radical (unpaired) electrons. The summed E-state index contributed by atoms with van der Waals surface area (Å²) in [4.78, 5) is 27.8. The van der Waals surface area contributed by atoms with Crippen LogP contribution in [0.1, 0.15) is 23.2 Å². The number of sulfonamides is 1. The van der Waals surface area contributed by atoms with Crippen molar-refractivity contribution in [2.24, 2.45) is 0 Å². The summed E-state index contributed by atoms with van der Waals surface area (Å²) < 4.78 is 43.8. The number of nitro groups is 1. The number of nitrogens with zero attached hydrogens (tertiary/aromatic N) is 4. The highest BCUT2D eigenvalue weighted by Crippen LogP contribution is 2.33. The summed E-state index contributed by atoms with van der Waals surface area (Å²) in [6, 6.07) is 11.0. The van der Waals surface area contributed by atoms with Crippen LogP contribution in [0.25, 0.3) is 0 Å². The second-order valence-electron chi connectivity index (χ2n) is 9.67. The maximum absolute atomic E-state index is 13.1. The van der Waals surface area contributed by atoms with Crippen LogP contribution in [0, 0.1) is 10.1 Å². The second-order valence-corrected chi connectivity index (χ2v) is 11.6. The first kappa shape index (κ1) is 27.3. The topological polar surface area (TPSA) is 132 Å². The number of ether oxygens (including phenoxy) is 3. The summed E-state index contributed by atoms with van der Waals surface area (Å²) in [7, 11) is -3.87. The fourth-order valence-electron chi connectivity index (χ4n) is 5.01. The molecule has 3 saturated heterocycles. The van der Waals surface area contributed by atoms with Crippen molar-refractivity contribution in [3.8, 4) is 5.75 Å². The Kier molecular flexibility index (Phi) is 8.31. The van der Waals surface area contributed by atoms with Crippen LogP contribution in [0.3, 0.4) is 0 Å². The van der Waals surface area contributed by atoms with Crippen molar-refractivity contribution in [3.05, 3.63) is 58.1 Å². The van der Waals surface area contributed by atoms with Crippen LogP contribution in [-0.4, -0.2) is 100 Å². The fraction of sp³-hybridized carbons (Fsp3) is 0.500. The maximum atomic E-state index is 13.1. The minimum atomic E-state index is -3.87. The van der Waals surface area contributed by atoms with E-state index in [0.29, 0.717) is 49.8 Å². The molecule has 2 aromatic rings. The van der Waals surface area contributed by atoms with Gasteiger partial charge in [-0.15, -0.1) is 0 Å². The summed E-state index contributed by atoms with van der Waals surface area (Å²) in [5.41, 5.74) is 0.597. The van der Waals surface area contributed by atoms with Crippen molar-refractivity contribution in [2.45, 2.75) is 23.8 Å². The largest absolute Gasteiger partial charge is 0.491 e. The molecule has 3 aliphatic rings. The molecule has 0 spiro atoms. The molecular formula is C26H32N4O8S. The van der Waals surface area contributed by atoms with Gasteiger partial charge in [0.2, 0.25) is 10.0 Å². The lowest BCUT2D eigenvalue weighted by atomic mass is 10.1. The van der Waals surface area contributed by atoms with Gasteiger partial charge in [-0.25, -0.2) is 8.42 Å². The van der Waals surface area contributed by atoms with Gasteiger partial charge < -0.3 is 24.0 Å². The summed E-state index contributed by atoms with van der Waals surface area (Å²) in [5.74, 6) is 0.556. The quantitative estimate of drug-likeness (QED) is 0.352. The SMILES string of the molecule is O=C(c1ccc(OC[C@H]2CCCO2)cc1)N1CCN(c2ccc(S(=O)(=O)N3CCOCC3)cc2[N+](=O)[O-])CC1. The van der Waals surface area contributed by atoms with E-state index in [2.05, 4.69) is 0 Å². The number of hydrogen-bond donors (Lipinski definition) is 0. The molecule has 1 atom stereocenters. The van der Waals surface area contributed by atoms with Gasteiger partial charge in [-0.1, -0.05) is 0 Å². The zero-order chi connectivity index (χ0) is 27.4. The molecule has 0 saturated carbocycles. The number of hydrogen-bond acceptors (Lipinski definition) is 9. The van der Waals surface area contributed by atoms with E-state index >= 15 is 0 Å². The van der Waals surface area contributed by atoms with Gasteiger partial charge in [0.15, 0.2) is 0 Å². The molecule has 0 bridgehead atoms. The van der Waals surface area contributed by atoms with Gasteiger partial charge in [-0.3, -0.25) is 14.9 Å². The number of carbonyl (C=O) groups is 1. The average Bonchev–Trinajstić information content (AvgIpc) is 3.50. The van der Waals surface area contributed by atoms with Crippen molar-refractivity contribution in [3.63, 3.8) is 0 Å². The Labute approximate surface area is 227 Å². The first-order valence-electron chi connectivity index (χ1n) is 13.1. The van der Waals surface area contributed by atoms with E-state index in [4.69, 9.17) is 14.2 Å². The number of piperazine rings is 1. The standard InChI is InChI=1S/C26H32N4O8S/c31-26(20-3-5-21(6-4-20)38-19-22-2-1-15-37-22)28-11-9-27(10-12-28)24-8-7-23(18-25(24)30(32)33)39(34,35)29-13-16-36-17-14-29/h3-8,18,22H,1-2,9-17,19H2/t22-/m1/s1. The molecule has 0 aromatic heterocycles. The molecule has 2 aromatic carbocycles. The molecule has 210 valence electrons. The number of benzene rings is 2. The van der Waals surface area contributed by atoms with E-state index in [9.17, 15) is 23.3 Å². The lowest BCUT2D eigenvalue weighted by Gasteiger charge is -2.36.